The van der Waals surface area contributed by atoms with Crippen molar-refractivity contribution in [3.8, 4) is 0 Å². The minimum Gasteiger partial charge on any atom is -0.314 e. The van der Waals surface area contributed by atoms with Gasteiger partial charge in [-0.25, -0.2) is 0 Å². The van der Waals surface area contributed by atoms with E-state index < -0.39 is 0 Å². The monoisotopic (exact) mass is 447 g/mol. The second-order valence-electron chi connectivity index (χ2n) is 10.5. The lowest BCUT2D eigenvalue weighted by atomic mass is 9.72. The topological polar surface area (TPSA) is 3.24 Å². The Hall–Kier alpha value is -3.06. The van der Waals surface area contributed by atoms with Crippen molar-refractivity contribution in [2.24, 2.45) is 17.3 Å². The van der Waals surface area contributed by atoms with Crippen LogP contribution < -0.4 is 0 Å². The van der Waals surface area contributed by atoms with Crippen LogP contribution in [0.25, 0.3) is 0 Å². The lowest BCUT2D eigenvalue weighted by Gasteiger charge is -2.38. The molecule has 0 aliphatic heterocycles. The molecule has 0 saturated heterocycles. The van der Waals surface area contributed by atoms with Crippen molar-refractivity contribution >= 4 is 0 Å². The summed E-state index contributed by atoms with van der Waals surface area (Å²) in [6, 6.07) is 10.8. The summed E-state index contributed by atoms with van der Waals surface area (Å²) in [6.07, 6.45) is 27.9. The van der Waals surface area contributed by atoms with Gasteiger partial charge in [0.15, 0.2) is 0 Å². The third kappa shape index (κ3) is 3.92. The zero-order chi connectivity index (χ0) is 23.7. The molecule has 0 heterocycles. The summed E-state index contributed by atoms with van der Waals surface area (Å²) in [6.45, 7) is 11.3. The molecule has 0 N–H and O–H groups in total. The Morgan fingerprint density at radius 2 is 1.82 bits per heavy atom. The largest absolute Gasteiger partial charge is 0.314 e. The van der Waals surface area contributed by atoms with Crippen molar-refractivity contribution in [1.29, 1.82) is 0 Å². The molecule has 1 aromatic rings. The van der Waals surface area contributed by atoms with Crippen LogP contribution in [-0.4, -0.2) is 4.90 Å². The molecule has 0 aromatic heterocycles. The second-order valence-corrected chi connectivity index (χ2v) is 10.5. The highest BCUT2D eigenvalue weighted by Gasteiger charge is 2.46. The summed E-state index contributed by atoms with van der Waals surface area (Å²) in [5, 5.41) is 0. The Morgan fingerprint density at radius 1 is 1.03 bits per heavy atom. The zero-order valence-corrected chi connectivity index (χ0v) is 20.9. The summed E-state index contributed by atoms with van der Waals surface area (Å²) < 4.78 is 0. The summed E-state index contributed by atoms with van der Waals surface area (Å²) in [5.74, 6) is 1.21. The van der Waals surface area contributed by atoms with Crippen molar-refractivity contribution in [2.45, 2.75) is 52.4 Å². The number of rotatable bonds is 6. The van der Waals surface area contributed by atoms with E-state index in [1.165, 1.54) is 35.5 Å². The average Bonchev–Trinajstić information content (AvgIpc) is 3.11. The zero-order valence-electron chi connectivity index (χ0n) is 20.9. The van der Waals surface area contributed by atoms with E-state index in [0.29, 0.717) is 11.8 Å². The molecular weight excluding hydrogens is 410 g/mol. The van der Waals surface area contributed by atoms with E-state index in [0.717, 1.165) is 12.8 Å². The van der Waals surface area contributed by atoms with E-state index in [-0.39, 0.29) is 11.3 Å². The van der Waals surface area contributed by atoms with Gasteiger partial charge >= 0.3 is 0 Å². The second kappa shape index (κ2) is 9.29. The summed E-state index contributed by atoms with van der Waals surface area (Å²) >= 11 is 0. The van der Waals surface area contributed by atoms with Crippen molar-refractivity contribution in [2.75, 3.05) is 0 Å². The van der Waals surface area contributed by atoms with E-state index in [9.17, 15) is 0 Å². The van der Waals surface area contributed by atoms with Gasteiger partial charge in [-0.1, -0.05) is 106 Å². The van der Waals surface area contributed by atoms with Crippen LogP contribution in [0.15, 0.2) is 126 Å². The lowest BCUT2D eigenvalue weighted by Crippen LogP contribution is -2.30. The number of allylic oxidation sites excluding steroid dienone is 13. The fraction of sp³-hybridized carbons (Fsp3) is 0.333. The molecule has 4 aliphatic carbocycles. The standard InChI is InChI=1S/C33H37N/c1-5-14-32(24(2)25-15-8-6-9-16-25)34(26-17-10-7-11-18-26)27-21-22-29-28-19-12-13-20-30(28)33(3,4)31(29)23-27/h5-6,8-10,12,14-19,21-24,29,31H,1,7,11,13,20H2,2-4H3/b32-14+/t24?,29-,31?/m1/s1. The van der Waals surface area contributed by atoms with Gasteiger partial charge in [0.05, 0.1) is 0 Å². The molecule has 1 aromatic carbocycles. The van der Waals surface area contributed by atoms with Crippen LogP contribution in [-0.2, 0) is 0 Å². The Kier molecular flexibility index (Phi) is 6.21. The maximum Gasteiger partial charge on any atom is 0.0419 e. The SMILES string of the molecule is C=C/C=C(\C(C)c1ccccc1)N(C1=CCCC=C1)C1=CC2[C@H](C=C1)C1=C(CCC=C1)C2(C)C. The van der Waals surface area contributed by atoms with Gasteiger partial charge in [0.25, 0.3) is 0 Å². The molecule has 0 saturated carbocycles. The summed E-state index contributed by atoms with van der Waals surface area (Å²) in [5.41, 5.74) is 8.54. The Morgan fingerprint density at radius 3 is 2.56 bits per heavy atom. The van der Waals surface area contributed by atoms with Crippen LogP contribution in [0.3, 0.4) is 0 Å². The van der Waals surface area contributed by atoms with Gasteiger partial charge in [-0.05, 0) is 66.4 Å². The molecule has 4 aliphatic rings. The molecule has 174 valence electrons. The minimum absolute atomic E-state index is 0.177. The van der Waals surface area contributed by atoms with Crippen LogP contribution in [0.2, 0.25) is 0 Å². The highest BCUT2D eigenvalue weighted by Crippen LogP contribution is 2.56. The van der Waals surface area contributed by atoms with Crippen LogP contribution in [0.1, 0.15) is 57.9 Å². The molecule has 3 atom stereocenters. The number of hydrogen-bond acceptors (Lipinski definition) is 1. The number of hydrogen-bond donors (Lipinski definition) is 0. The molecular formula is C33H37N. The lowest BCUT2D eigenvalue weighted by molar-refractivity contribution is 0.303. The third-order valence-corrected chi connectivity index (χ3v) is 8.17. The first kappa shape index (κ1) is 22.7. The highest BCUT2D eigenvalue weighted by molar-refractivity contribution is 5.50. The van der Waals surface area contributed by atoms with Gasteiger partial charge < -0.3 is 4.90 Å². The van der Waals surface area contributed by atoms with Crippen molar-refractivity contribution in [3.05, 3.63) is 131 Å². The molecule has 2 unspecified atom stereocenters. The van der Waals surface area contributed by atoms with Gasteiger partial charge in [0.2, 0.25) is 0 Å². The Bertz CT molecular complexity index is 1160. The fourth-order valence-electron chi connectivity index (χ4n) is 6.32. The number of benzene rings is 1. The molecule has 34 heavy (non-hydrogen) atoms. The van der Waals surface area contributed by atoms with Gasteiger partial charge in [-0.15, -0.1) is 0 Å². The molecule has 1 heteroatoms. The maximum atomic E-state index is 4.08. The summed E-state index contributed by atoms with van der Waals surface area (Å²) in [7, 11) is 0. The van der Waals surface area contributed by atoms with Gasteiger partial charge in [0, 0.05) is 28.9 Å². The van der Waals surface area contributed by atoms with Crippen LogP contribution in [0.4, 0.5) is 0 Å². The molecule has 0 radical (unpaired) electrons. The molecule has 0 amide bonds. The molecule has 1 nitrogen and oxygen atoms in total. The van der Waals surface area contributed by atoms with E-state index in [4.69, 9.17) is 0 Å². The first-order valence-corrected chi connectivity index (χ1v) is 12.9. The fourth-order valence-corrected chi connectivity index (χ4v) is 6.32. The number of fused-ring (bicyclic) bond motifs is 2. The Labute approximate surface area is 206 Å². The predicted molar refractivity (Wildman–Crippen MR) is 145 cm³/mol. The van der Waals surface area contributed by atoms with E-state index in [2.05, 4.69) is 117 Å². The van der Waals surface area contributed by atoms with Crippen molar-refractivity contribution in [3.63, 3.8) is 0 Å². The summed E-state index contributed by atoms with van der Waals surface area (Å²) in [4.78, 5) is 2.49. The highest BCUT2D eigenvalue weighted by atomic mass is 15.2. The van der Waals surface area contributed by atoms with Crippen molar-refractivity contribution < 1.29 is 0 Å². The predicted octanol–water partition coefficient (Wildman–Crippen LogP) is 8.77. The smallest absolute Gasteiger partial charge is 0.0419 e. The first-order chi connectivity index (χ1) is 16.5. The van der Waals surface area contributed by atoms with Crippen LogP contribution >= 0.6 is 0 Å². The van der Waals surface area contributed by atoms with Gasteiger partial charge in [0.1, 0.15) is 0 Å². The van der Waals surface area contributed by atoms with E-state index >= 15 is 0 Å². The van der Waals surface area contributed by atoms with Crippen molar-refractivity contribution in [1.82, 2.24) is 4.90 Å². The molecule has 0 fully saturated rings. The van der Waals surface area contributed by atoms with Gasteiger partial charge in [-0.2, -0.15) is 0 Å². The van der Waals surface area contributed by atoms with Crippen LogP contribution in [0, 0.1) is 17.3 Å². The normalized spacial score (nSPS) is 25.9. The quantitative estimate of drug-likeness (QED) is 0.394. The average molecular weight is 448 g/mol. The first-order valence-electron chi connectivity index (χ1n) is 12.9. The molecule has 5 rings (SSSR count). The Balaban J connectivity index is 1.59. The molecule has 0 spiro atoms. The minimum atomic E-state index is 0.177. The molecule has 0 bridgehead atoms. The number of nitrogens with zero attached hydrogens (tertiary/aromatic N) is 1. The van der Waals surface area contributed by atoms with Gasteiger partial charge in [-0.3, -0.25) is 0 Å². The van der Waals surface area contributed by atoms with E-state index in [1.807, 2.05) is 6.08 Å². The maximum absolute atomic E-state index is 4.08. The van der Waals surface area contributed by atoms with E-state index in [1.54, 1.807) is 11.1 Å². The third-order valence-electron chi connectivity index (χ3n) is 8.17. The van der Waals surface area contributed by atoms with Crippen LogP contribution in [0.5, 0.6) is 0 Å².